The highest BCUT2D eigenvalue weighted by Gasteiger charge is 2.28. The highest BCUT2D eigenvalue weighted by atomic mass is 35.5. The Hall–Kier alpha value is -0.510. The fraction of sp³-hybridized carbons (Fsp3) is 0.462. The Morgan fingerprint density at radius 1 is 1.28 bits per heavy atom. The van der Waals surface area contributed by atoms with Gasteiger partial charge in [-0.3, -0.25) is 0 Å². The van der Waals surface area contributed by atoms with Crippen molar-refractivity contribution >= 4 is 46.2 Å². The summed E-state index contributed by atoms with van der Waals surface area (Å²) in [5.41, 5.74) is 6.52. The Morgan fingerprint density at radius 2 is 1.78 bits per heavy atom. The van der Waals surface area contributed by atoms with Gasteiger partial charge in [-0.05, 0) is 50.7 Å². The van der Waals surface area contributed by atoms with E-state index in [1.165, 1.54) is 0 Å². The van der Waals surface area contributed by atoms with Crippen molar-refractivity contribution in [1.82, 2.24) is 0 Å². The van der Waals surface area contributed by atoms with Crippen LogP contribution in [0, 0.1) is 0 Å². The van der Waals surface area contributed by atoms with Gasteiger partial charge in [-0.25, -0.2) is 0 Å². The molecule has 0 aliphatic rings. The zero-order valence-electron chi connectivity index (χ0n) is 10.8. The van der Waals surface area contributed by atoms with E-state index in [4.69, 9.17) is 41.2 Å². The summed E-state index contributed by atoms with van der Waals surface area (Å²) >= 11 is 17.2. The number of anilines is 1. The minimum Gasteiger partial charge on any atom is -0.376 e. The van der Waals surface area contributed by atoms with E-state index in [0.717, 1.165) is 18.5 Å². The van der Waals surface area contributed by atoms with Gasteiger partial charge in [0.2, 0.25) is 0 Å². The Morgan fingerprint density at radius 3 is 2.17 bits per heavy atom. The molecule has 1 rings (SSSR count). The largest absolute Gasteiger partial charge is 0.376 e. The van der Waals surface area contributed by atoms with Gasteiger partial charge >= 0.3 is 0 Å². The first-order valence-corrected chi connectivity index (χ1v) is 7.00. The zero-order valence-corrected chi connectivity index (χ0v) is 13.2. The van der Waals surface area contributed by atoms with Crippen molar-refractivity contribution in [2.75, 3.05) is 4.90 Å². The van der Waals surface area contributed by atoms with E-state index in [1.807, 2.05) is 17.0 Å². The molecule has 0 saturated carbocycles. The molecule has 18 heavy (non-hydrogen) atoms. The molecule has 0 amide bonds. The number of halogens is 2. The third kappa shape index (κ3) is 3.74. The first kappa shape index (κ1) is 15.5. The van der Waals surface area contributed by atoms with Crippen molar-refractivity contribution in [1.29, 1.82) is 0 Å². The van der Waals surface area contributed by atoms with Crippen LogP contribution in [0.25, 0.3) is 0 Å². The number of nitrogens with zero attached hydrogens (tertiary/aromatic N) is 1. The van der Waals surface area contributed by atoms with E-state index in [9.17, 15) is 0 Å². The van der Waals surface area contributed by atoms with Crippen LogP contribution < -0.4 is 10.6 Å². The quantitative estimate of drug-likeness (QED) is 0.823. The van der Waals surface area contributed by atoms with Crippen molar-refractivity contribution in [2.24, 2.45) is 5.73 Å². The fourth-order valence-corrected chi connectivity index (χ4v) is 3.03. The maximum atomic E-state index is 6.03. The number of rotatable bonds is 4. The van der Waals surface area contributed by atoms with Gasteiger partial charge in [-0.2, -0.15) is 0 Å². The lowest BCUT2D eigenvalue weighted by Gasteiger charge is -2.39. The summed E-state index contributed by atoms with van der Waals surface area (Å²) < 4.78 is 0. The van der Waals surface area contributed by atoms with Crippen LogP contribution in [0.5, 0.6) is 0 Å². The zero-order chi connectivity index (χ0) is 13.9. The molecule has 2 N–H and O–H groups in total. The molecule has 0 fully saturated rings. The lowest BCUT2D eigenvalue weighted by molar-refractivity contribution is 0.468. The number of hydrogen-bond donors (Lipinski definition) is 1. The van der Waals surface area contributed by atoms with E-state index < -0.39 is 0 Å². The van der Waals surface area contributed by atoms with E-state index in [1.54, 1.807) is 6.07 Å². The van der Waals surface area contributed by atoms with E-state index >= 15 is 0 Å². The summed E-state index contributed by atoms with van der Waals surface area (Å²) in [5.74, 6) is 0. The Balaban J connectivity index is 3.24. The number of nitrogens with two attached hydrogens (primary N) is 1. The van der Waals surface area contributed by atoms with E-state index in [0.29, 0.717) is 15.2 Å². The van der Waals surface area contributed by atoms with Crippen molar-refractivity contribution in [3.8, 4) is 0 Å². The third-order valence-corrected chi connectivity index (χ3v) is 3.41. The Bertz CT molecular complexity index is 426. The molecule has 5 heteroatoms. The summed E-state index contributed by atoms with van der Waals surface area (Å²) in [7, 11) is 0. The molecular formula is C13H18Cl2N2S. The van der Waals surface area contributed by atoms with Crippen LogP contribution in [-0.2, 0) is 0 Å². The summed E-state index contributed by atoms with van der Waals surface area (Å²) in [6.45, 7) is 6.33. The van der Waals surface area contributed by atoms with Gasteiger partial charge < -0.3 is 10.6 Å². The minimum absolute atomic E-state index is 0.172. The molecule has 100 valence electrons. The molecular weight excluding hydrogens is 287 g/mol. The maximum Gasteiger partial charge on any atom is 0.171 e. The van der Waals surface area contributed by atoms with Crippen LogP contribution >= 0.6 is 35.4 Å². The Kier molecular flexibility index (Phi) is 5.26. The summed E-state index contributed by atoms with van der Waals surface area (Å²) in [6.07, 6.45) is 2.01. The van der Waals surface area contributed by atoms with Crippen LogP contribution in [0.2, 0.25) is 10.0 Å². The molecule has 2 nitrogen and oxygen atoms in total. The molecule has 1 aromatic rings. The molecule has 0 saturated heterocycles. The molecule has 0 aliphatic carbocycles. The van der Waals surface area contributed by atoms with Crippen LogP contribution in [0.15, 0.2) is 18.2 Å². The first-order valence-electron chi connectivity index (χ1n) is 5.83. The average molecular weight is 305 g/mol. The molecule has 0 unspecified atom stereocenters. The van der Waals surface area contributed by atoms with Crippen molar-refractivity contribution < 1.29 is 0 Å². The predicted octanol–water partition coefficient (Wildman–Crippen LogP) is 4.62. The second kappa shape index (κ2) is 6.09. The topological polar surface area (TPSA) is 29.3 Å². The lowest BCUT2D eigenvalue weighted by atomic mass is 9.96. The van der Waals surface area contributed by atoms with E-state index in [2.05, 4.69) is 20.8 Å². The first-order chi connectivity index (χ1) is 8.27. The number of benzene rings is 1. The van der Waals surface area contributed by atoms with Crippen molar-refractivity contribution in [3.05, 3.63) is 28.2 Å². The van der Waals surface area contributed by atoms with Gasteiger partial charge in [0.15, 0.2) is 5.11 Å². The molecule has 0 atom stereocenters. The molecule has 0 spiro atoms. The average Bonchev–Trinajstić information content (AvgIpc) is 2.13. The molecule has 1 aromatic carbocycles. The monoisotopic (exact) mass is 304 g/mol. The van der Waals surface area contributed by atoms with Gasteiger partial charge in [0.1, 0.15) is 0 Å². The number of hydrogen-bond acceptors (Lipinski definition) is 1. The molecule has 0 radical (unpaired) electrons. The van der Waals surface area contributed by atoms with Gasteiger partial charge in [-0.15, -0.1) is 0 Å². The smallest absolute Gasteiger partial charge is 0.171 e. The maximum absolute atomic E-state index is 6.03. The summed E-state index contributed by atoms with van der Waals surface area (Å²) in [5, 5.41) is 1.48. The highest BCUT2D eigenvalue weighted by molar-refractivity contribution is 7.80. The van der Waals surface area contributed by atoms with Crippen molar-refractivity contribution in [2.45, 2.75) is 39.2 Å². The van der Waals surface area contributed by atoms with Gasteiger partial charge in [0.05, 0.1) is 0 Å². The SMILES string of the molecule is CCCC(C)(C)N(C(N)=S)c1cc(Cl)cc(Cl)c1. The van der Waals surface area contributed by atoms with Crippen LogP contribution in [0.1, 0.15) is 33.6 Å². The Labute approximate surface area is 124 Å². The predicted molar refractivity (Wildman–Crippen MR) is 84.7 cm³/mol. The molecule has 0 bridgehead atoms. The van der Waals surface area contributed by atoms with Gasteiger partial charge in [0.25, 0.3) is 0 Å². The lowest BCUT2D eigenvalue weighted by Crippen LogP contribution is -2.50. The van der Waals surface area contributed by atoms with E-state index in [-0.39, 0.29) is 5.54 Å². The van der Waals surface area contributed by atoms with Crippen LogP contribution in [0.4, 0.5) is 5.69 Å². The van der Waals surface area contributed by atoms with Crippen LogP contribution in [-0.4, -0.2) is 10.7 Å². The molecule has 0 aliphatic heterocycles. The van der Waals surface area contributed by atoms with Gasteiger partial charge in [0, 0.05) is 21.3 Å². The summed E-state index contributed by atoms with van der Waals surface area (Å²) in [6, 6.07) is 5.34. The second-order valence-corrected chi connectivity index (χ2v) is 6.15. The van der Waals surface area contributed by atoms with Crippen LogP contribution in [0.3, 0.4) is 0 Å². The molecule has 0 aromatic heterocycles. The molecule has 0 heterocycles. The third-order valence-electron chi connectivity index (χ3n) is 2.79. The number of thiocarbonyl (C=S) groups is 1. The highest BCUT2D eigenvalue weighted by Crippen LogP contribution is 2.32. The second-order valence-electron chi connectivity index (χ2n) is 4.86. The fourth-order valence-electron chi connectivity index (χ4n) is 2.17. The normalized spacial score (nSPS) is 11.4. The standard InChI is InChI=1S/C13H18Cl2N2S/c1-4-5-13(2,3)17(12(16)18)11-7-9(14)6-10(15)8-11/h6-8H,4-5H2,1-3H3,(H2,16,18). The van der Waals surface area contributed by atoms with Gasteiger partial charge in [-0.1, -0.05) is 36.5 Å². The van der Waals surface area contributed by atoms with Crippen molar-refractivity contribution in [3.63, 3.8) is 0 Å². The summed E-state index contributed by atoms with van der Waals surface area (Å²) in [4.78, 5) is 1.91. The minimum atomic E-state index is -0.172.